The van der Waals surface area contributed by atoms with Crippen LogP contribution in [-0.4, -0.2) is 30.7 Å². The fourth-order valence-corrected chi connectivity index (χ4v) is 3.95. The summed E-state index contributed by atoms with van der Waals surface area (Å²) < 4.78 is 1.79. The van der Waals surface area contributed by atoms with Gasteiger partial charge in [-0.2, -0.15) is 5.10 Å². The lowest BCUT2D eigenvalue weighted by atomic mass is 9.98. The Balaban J connectivity index is 1.69. The molecule has 1 aromatic carbocycles. The van der Waals surface area contributed by atoms with Crippen LogP contribution in [0.25, 0.3) is 28.2 Å². The first-order valence-electron chi connectivity index (χ1n) is 9.77. The van der Waals surface area contributed by atoms with Crippen LogP contribution >= 0.6 is 0 Å². The van der Waals surface area contributed by atoms with Crippen LogP contribution in [0.1, 0.15) is 23.1 Å². The van der Waals surface area contributed by atoms with Crippen molar-refractivity contribution >= 4 is 5.71 Å². The summed E-state index contributed by atoms with van der Waals surface area (Å²) in [5.74, 6) is 0.720. The minimum atomic E-state index is 0.380. The fourth-order valence-electron chi connectivity index (χ4n) is 3.95. The molecule has 0 saturated carbocycles. The van der Waals surface area contributed by atoms with E-state index in [1.54, 1.807) is 23.3 Å². The predicted octanol–water partition coefficient (Wildman–Crippen LogP) is 3.58. The molecule has 1 aliphatic rings. The van der Waals surface area contributed by atoms with Crippen molar-refractivity contribution in [3.63, 3.8) is 0 Å². The van der Waals surface area contributed by atoms with E-state index in [1.165, 1.54) is 5.56 Å². The monoisotopic (exact) mass is 396 g/mol. The van der Waals surface area contributed by atoms with Gasteiger partial charge in [0.1, 0.15) is 5.69 Å². The van der Waals surface area contributed by atoms with Crippen molar-refractivity contribution in [1.82, 2.24) is 19.7 Å². The highest BCUT2D eigenvalue weighted by atomic mass is 16.4. The molecular weight excluding hydrogens is 376 g/mol. The summed E-state index contributed by atoms with van der Waals surface area (Å²) in [6.45, 7) is 0.380. The third-order valence-electron chi connectivity index (χ3n) is 5.45. The molecule has 0 fully saturated rings. The fraction of sp³-hybridized carbons (Fsp3) is 0.130. The molecule has 4 aromatic rings. The van der Waals surface area contributed by atoms with Crippen molar-refractivity contribution < 1.29 is 5.21 Å². The van der Waals surface area contributed by atoms with Crippen LogP contribution in [0.2, 0.25) is 0 Å². The van der Waals surface area contributed by atoms with Crippen molar-refractivity contribution in [2.24, 2.45) is 10.9 Å². The van der Waals surface area contributed by atoms with E-state index >= 15 is 0 Å². The molecule has 0 bridgehead atoms. The van der Waals surface area contributed by atoms with E-state index in [1.807, 2.05) is 42.6 Å². The van der Waals surface area contributed by atoms with E-state index in [9.17, 15) is 5.21 Å². The first-order valence-corrected chi connectivity index (χ1v) is 9.77. The lowest BCUT2D eigenvalue weighted by Crippen LogP contribution is -2.07. The Morgan fingerprint density at radius 3 is 2.67 bits per heavy atom. The second-order valence-electron chi connectivity index (χ2n) is 7.18. The highest BCUT2D eigenvalue weighted by molar-refractivity contribution is 6.04. The number of rotatable bonds is 4. The second-order valence-corrected chi connectivity index (χ2v) is 7.18. The van der Waals surface area contributed by atoms with Gasteiger partial charge in [0.2, 0.25) is 0 Å². The molecule has 1 aliphatic carbocycles. The lowest BCUT2D eigenvalue weighted by molar-refractivity contribution is 0.318. The van der Waals surface area contributed by atoms with Gasteiger partial charge in [0.05, 0.1) is 5.71 Å². The van der Waals surface area contributed by atoms with Gasteiger partial charge in [0.25, 0.3) is 0 Å². The Morgan fingerprint density at radius 1 is 1.00 bits per heavy atom. The molecule has 0 unspecified atom stereocenters. The number of fused-ring (bicyclic) bond motifs is 1. The zero-order valence-electron chi connectivity index (χ0n) is 16.2. The molecule has 30 heavy (non-hydrogen) atoms. The standard InChI is InChI=1S/C23H20N6O/c24-13-18-2-1-9-26-23(18)29-14-20(22(27-29)15-7-10-25-11-8-15)17-3-5-19-16(12-17)4-6-21(19)28-30/h1-3,5,7-12,14,30H,4,6,13,24H2/b28-21+. The largest absolute Gasteiger partial charge is 0.411 e. The average Bonchev–Trinajstić information content (AvgIpc) is 3.43. The zero-order valence-corrected chi connectivity index (χ0v) is 16.2. The van der Waals surface area contributed by atoms with Gasteiger partial charge in [-0.1, -0.05) is 29.4 Å². The molecule has 0 atom stereocenters. The van der Waals surface area contributed by atoms with Gasteiger partial charge in [0.15, 0.2) is 5.82 Å². The molecule has 0 spiro atoms. The summed E-state index contributed by atoms with van der Waals surface area (Å²) in [5, 5.41) is 17.5. The van der Waals surface area contributed by atoms with E-state index in [2.05, 4.69) is 21.2 Å². The van der Waals surface area contributed by atoms with Crippen LogP contribution in [0, 0.1) is 0 Å². The van der Waals surface area contributed by atoms with E-state index in [-0.39, 0.29) is 0 Å². The number of aryl methyl sites for hydroxylation is 1. The molecule has 0 aliphatic heterocycles. The number of hydrogen-bond donors (Lipinski definition) is 2. The minimum Gasteiger partial charge on any atom is -0.411 e. The molecule has 7 heteroatoms. The summed E-state index contributed by atoms with van der Waals surface area (Å²) in [6, 6.07) is 13.9. The normalized spacial score (nSPS) is 14.2. The number of hydrogen-bond acceptors (Lipinski definition) is 6. The van der Waals surface area contributed by atoms with Crippen molar-refractivity contribution in [3.05, 3.63) is 83.9 Å². The number of benzene rings is 1. The van der Waals surface area contributed by atoms with Gasteiger partial charge in [-0.15, -0.1) is 0 Å². The summed E-state index contributed by atoms with van der Waals surface area (Å²) in [4.78, 5) is 8.64. The zero-order chi connectivity index (χ0) is 20.5. The maximum absolute atomic E-state index is 9.22. The first kappa shape index (κ1) is 18.2. The van der Waals surface area contributed by atoms with E-state index in [0.29, 0.717) is 6.54 Å². The Hall–Kier alpha value is -3.84. The van der Waals surface area contributed by atoms with Crippen LogP contribution < -0.4 is 5.73 Å². The van der Waals surface area contributed by atoms with Crippen LogP contribution in [0.3, 0.4) is 0 Å². The first-order chi connectivity index (χ1) is 14.8. The van der Waals surface area contributed by atoms with E-state index in [4.69, 9.17) is 10.8 Å². The lowest BCUT2D eigenvalue weighted by Gasteiger charge is -2.06. The van der Waals surface area contributed by atoms with Gasteiger partial charge in [-0.3, -0.25) is 4.98 Å². The van der Waals surface area contributed by atoms with Gasteiger partial charge in [0, 0.05) is 53.6 Å². The van der Waals surface area contributed by atoms with Crippen LogP contribution in [0.15, 0.2) is 72.4 Å². The molecule has 3 N–H and O–H groups in total. The smallest absolute Gasteiger partial charge is 0.157 e. The molecule has 5 rings (SSSR count). The second kappa shape index (κ2) is 7.53. The molecule has 7 nitrogen and oxygen atoms in total. The van der Waals surface area contributed by atoms with Crippen molar-refractivity contribution in [2.45, 2.75) is 19.4 Å². The van der Waals surface area contributed by atoms with Gasteiger partial charge >= 0.3 is 0 Å². The topological polar surface area (TPSA) is 102 Å². The maximum Gasteiger partial charge on any atom is 0.157 e. The number of nitrogens with two attached hydrogens (primary N) is 1. The highest BCUT2D eigenvalue weighted by Gasteiger charge is 2.21. The number of oxime groups is 1. The number of nitrogens with zero attached hydrogens (tertiary/aromatic N) is 5. The Morgan fingerprint density at radius 2 is 1.87 bits per heavy atom. The van der Waals surface area contributed by atoms with E-state index in [0.717, 1.165) is 57.9 Å². The van der Waals surface area contributed by atoms with Gasteiger partial charge in [-0.05, 0) is 42.2 Å². The predicted molar refractivity (Wildman–Crippen MR) is 115 cm³/mol. The molecule has 3 heterocycles. The van der Waals surface area contributed by atoms with Crippen molar-refractivity contribution in [2.75, 3.05) is 0 Å². The highest BCUT2D eigenvalue weighted by Crippen LogP contribution is 2.35. The van der Waals surface area contributed by atoms with Crippen molar-refractivity contribution in [3.8, 4) is 28.2 Å². The third kappa shape index (κ3) is 3.05. The molecule has 0 amide bonds. The van der Waals surface area contributed by atoms with Crippen molar-refractivity contribution in [1.29, 1.82) is 0 Å². The number of pyridine rings is 2. The summed E-state index contributed by atoms with van der Waals surface area (Å²) in [7, 11) is 0. The van der Waals surface area contributed by atoms with Crippen LogP contribution in [0.5, 0.6) is 0 Å². The van der Waals surface area contributed by atoms with Crippen LogP contribution in [0.4, 0.5) is 0 Å². The third-order valence-corrected chi connectivity index (χ3v) is 5.45. The van der Waals surface area contributed by atoms with Crippen LogP contribution in [-0.2, 0) is 13.0 Å². The summed E-state index contributed by atoms with van der Waals surface area (Å²) in [5.41, 5.74) is 13.6. The summed E-state index contributed by atoms with van der Waals surface area (Å²) >= 11 is 0. The Bertz CT molecular complexity index is 1250. The average molecular weight is 396 g/mol. The molecular formula is C23H20N6O. The quantitative estimate of drug-likeness (QED) is 0.405. The Kier molecular flexibility index (Phi) is 4.57. The summed E-state index contributed by atoms with van der Waals surface area (Å²) in [6.07, 6.45) is 8.87. The SMILES string of the molecule is NCc1cccnc1-n1cc(-c2ccc3c(c2)CC/C3=N\O)c(-c2ccncc2)n1. The molecule has 0 radical (unpaired) electrons. The Labute approximate surface area is 173 Å². The minimum absolute atomic E-state index is 0.380. The van der Waals surface area contributed by atoms with Gasteiger partial charge in [-0.25, -0.2) is 9.67 Å². The molecule has 3 aromatic heterocycles. The molecule has 148 valence electrons. The van der Waals surface area contributed by atoms with Gasteiger partial charge < -0.3 is 10.9 Å². The van der Waals surface area contributed by atoms with E-state index < -0.39 is 0 Å². The molecule has 0 saturated heterocycles. The number of aromatic nitrogens is 4. The maximum atomic E-state index is 9.22.